The van der Waals surface area contributed by atoms with Crippen molar-refractivity contribution in [1.29, 1.82) is 0 Å². The Bertz CT molecular complexity index is 1330. The van der Waals surface area contributed by atoms with Crippen LogP contribution in [-0.4, -0.2) is 18.9 Å². The highest BCUT2D eigenvalue weighted by Gasteiger charge is 2.49. The summed E-state index contributed by atoms with van der Waals surface area (Å²) in [5, 5.41) is 0.903. The predicted molar refractivity (Wildman–Crippen MR) is 140 cm³/mol. The molecule has 0 radical (unpaired) electrons. The molecule has 0 atom stereocenters. The van der Waals surface area contributed by atoms with Crippen LogP contribution in [-0.2, 0) is 29.4 Å². The summed E-state index contributed by atoms with van der Waals surface area (Å²) in [6, 6.07) is 9.84. The van der Waals surface area contributed by atoms with E-state index in [0.29, 0.717) is 42.3 Å². The van der Waals surface area contributed by atoms with Gasteiger partial charge in [-0.2, -0.15) is 21.6 Å². The van der Waals surface area contributed by atoms with E-state index < -0.39 is 15.6 Å². The van der Waals surface area contributed by atoms with Gasteiger partial charge in [0.15, 0.2) is 5.75 Å². The number of alkyl halides is 3. The molecule has 0 N–H and O–H groups in total. The van der Waals surface area contributed by atoms with E-state index >= 15 is 0 Å². The van der Waals surface area contributed by atoms with E-state index in [1.54, 1.807) is 6.20 Å². The summed E-state index contributed by atoms with van der Waals surface area (Å²) < 4.78 is 70.2. The minimum Gasteiger partial charge on any atom is -0.375 e. The van der Waals surface area contributed by atoms with Gasteiger partial charge in [0.1, 0.15) is 0 Å². The van der Waals surface area contributed by atoms with E-state index in [9.17, 15) is 21.6 Å². The highest BCUT2D eigenvalue weighted by Crippen LogP contribution is 2.46. The lowest BCUT2D eigenvalue weighted by Gasteiger charge is -2.26. The van der Waals surface area contributed by atoms with Crippen molar-refractivity contribution in [3.8, 4) is 16.9 Å². The number of benzene rings is 2. The van der Waals surface area contributed by atoms with Gasteiger partial charge < -0.3 is 4.18 Å². The van der Waals surface area contributed by atoms with Crippen LogP contribution in [0.5, 0.6) is 5.75 Å². The van der Waals surface area contributed by atoms with E-state index in [1.807, 2.05) is 30.3 Å². The number of unbranched alkanes of at least 4 members (excludes halogenated alkanes) is 3. The molecular weight excluding hydrogens is 590 g/mol. The summed E-state index contributed by atoms with van der Waals surface area (Å²) in [5.74, 6) is -0.159. The molecule has 3 aromatic rings. The molecule has 2 aromatic carbocycles. The smallest absolute Gasteiger partial charge is 0.375 e. The maximum Gasteiger partial charge on any atom is 0.534 e. The van der Waals surface area contributed by atoms with Crippen molar-refractivity contribution in [1.82, 2.24) is 4.98 Å². The van der Waals surface area contributed by atoms with Crippen LogP contribution >= 0.6 is 22.6 Å². The number of hydrogen-bond donors (Lipinski definition) is 0. The fraction of sp³-hybridized carbons (Fsp3) is 0.423. The molecule has 0 unspecified atom stereocenters. The minimum absolute atomic E-state index is 0.159. The van der Waals surface area contributed by atoms with Gasteiger partial charge in [-0.25, -0.2) is 0 Å². The zero-order valence-corrected chi connectivity index (χ0v) is 22.4. The largest absolute Gasteiger partial charge is 0.534 e. The lowest BCUT2D eigenvalue weighted by atomic mass is 9.83. The molecule has 0 bridgehead atoms. The van der Waals surface area contributed by atoms with Gasteiger partial charge in [0, 0.05) is 31.8 Å². The number of aromatic nitrogens is 1. The first-order chi connectivity index (χ1) is 16.7. The Balaban J connectivity index is 2.04. The number of aryl methyl sites for hydroxylation is 2. The summed E-state index contributed by atoms with van der Waals surface area (Å²) >= 11 is 2.24. The summed E-state index contributed by atoms with van der Waals surface area (Å²) in [6.45, 7) is 2.08. The van der Waals surface area contributed by atoms with Crippen LogP contribution in [0.3, 0.4) is 0 Å². The van der Waals surface area contributed by atoms with Crippen LogP contribution in [0.1, 0.15) is 62.1 Å². The second-order valence-corrected chi connectivity index (χ2v) is 11.5. The SMILES string of the molecule is CCCCCCc1c(OS(=O)(=O)C(F)(F)F)c2c(c3c(-c4ccccc4)c(I)cnc13)CCCC2. The van der Waals surface area contributed by atoms with Gasteiger partial charge in [0.2, 0.25) is 0 Å². The Morgan fingerprint density at radius 3 is 2.37 bits per heavy atom. The number of nitrogens with zero attached hydrogens (tertiary/aromatic N) is 1. The number of pyridine rings is 1. The third-order valence-corrected chi connectivity index (χ3v) is 8.23. The zero-order valence-electron chi connectivity index (χ0n) is 19.4. The molecule has 188 valence electrons. The van der Waals surface area contributed by atoms with Crippen molar-refractivity contribution >= 4 is 43.6 Å². The first-order valence-electron chi connectivity index (χ1n) is 11.9. The number of rotatable bonds is 8. The van der Waals surface area contributed by atoms with Crippen molar-refractivity contribution in [3.63, 3.8) is 0 Å². The van der Waals surface area contributed by atoms with Crippen LogP contribution in [0, 0.1) is 3.57 Å². The molecule has 1 aliphatic carbocycles. The Labute approximate surface area is 217 Å². The van der Waals surface area contributed by atoms with Gasteiger partial charge in [-0.15, -0.1) is 0 Å². The monoisotopic (exact) mass is 617 g/mol. The number of hydrogen-bond acceptors (Lipinski definition) is 4. The standard InChI is InChI=1S/C26H27F3INO3S/c1-2-3-4-8-15-20-24-23(22(21(30)16-31-24)17-11-6-5-7-12-17)18-13-9-10-14-19(18)25(20)34-35(32,33)26(27,28)29/h5-7,11-12,16H,2-4,8-10,13-15H2,1H3. The fourth-order valence-corrected chi connectivity index (χ4v) is 6.07. The minimum atomic E-state index is -5.81. The van der Waals surface area contributed by atoms with E-state index in [4.69, 9.17) is 4.18 Å². The highest BCUT2D eigenvalue weighted by atomic mass is 127. The van der Waals surface area contributed by atoms with Crippen molar-refractivity contribution < 1.29 is 25.8 Å². The van der Waals surface area contributed by atoms with Crippen molar-refractivity contribution in [2.75, 3.05) is 0 Å². The molecule has 4 rings (SSSR count). The van der Waals surface area contributed by atoms with Gasteiger partial charge >= 0.3 is 15.6 Å². The summed E-state index contributed by atoms with van der Waals surface area (Å²) in [6.07, 6.45) is 8.41. The normalized spacial score (nSPS) is 14.2. The van der Waals surface area contributed by atoms with Crippen molar-refractivity contribution in [2.24, 2.45) is 0 Å². The number of halogens is 4. The molecular formula is C26H27F3INO3S. The van der Waals surface area contributed by atoms with Crippen LogP contribution in [0.25, 0.3) is 22.0 Å². The third-order valence-electron chi connectivity index (χ3n) is 6.46. The van der Waals surface area contributed by atoms with E-state index in [-0.39, 0.29) is 5.75 Å². The molecule has 9 heteroatoms. The zero-order chi connectivity index (χ0) is 25.2. The summed E-state index contributed by atoms with van der Waals surface area (Å²) in [5.41, 5.74) is -1.12. The van der Waals surface area contributed by atoms with Gasteiger partial charge in [-0.1, -0.05) is 56.5 Å². The molecule has 1 aliphatic rings. The average molecular weight is 617 g/mol. The molecule has 0 aliphatic heterocycles. The van der Waals surface area contributed by atoms with Crippen LogP contribution < -0.4 is 4.18 Å². The molecule has 35 heavy (non-hydrogen) atoms. The molecule has 4 nitrogen and oxygen atoms in total. The van der Waals surface area contributed by atoms with E-state index in [1.165, 1.54) is 0 Å². The van der Waals surface area contributed by atoms with Crippen LogP contribution in [0.4, 0.5) is 13.2 Å². The van der Waals surface area contributed by atoms with Crippen LogP contribution in [0.15, 0.2) is 36.5 Å². The van der Waals surface area contributed by atoms with Gasteiger partial charge in [-0.05, 0) is 72.2 Å². The molecule has 0 fully saturated rings. The van der Waals surface area contributed by atoms with Crippen LogP contribution in [0.2, 0.25) is 0 Å². The predicted octanol–water partition coefficient (Wildman–Crippen LogP) is 7.74. The maximum absolute atomic E-state index is 13.4. The first kappa shape index (κ1) is 26.2. The Kier molecular flexibility index (Phi) is 7.95. The van der Waals surface area contributed by atoms with E-state index in [2.05, 4.69) is 34.5 Å². The van der Waals surface area contributed by atoms with Gasteiger partial charge in [0.25, 0.3) is 0 Å². The maximum atomic E-state index is 13.4. The quantitative estimate of drug-likeness (QED) is 0.112. The van der Waals surface area contributed by atoms with Crippen molar-refractivity contribution in [3.05, 3.63) is 56.8 Å². The highest BCUT2D eigenvalue weighted by molar-refractivity contribution is 14.1. The molecule has 1 aromatic heterocycles. The summed E-state index contributed by atoms with van der Waals surface area (Å²) in [4.78, 5) is 4.66. The van der Waals surface area contributed by atoms with Gasteiger partial charge in [0.05, 0.1) is 5.52 Å². The first-order valence-corrected chi connectivity index (χ1v) is 14.4. The Morgan fingerprint density at radius 1 is 1.03 bits per heavy atom. The second-order valence-electron chi connectivity index (χ2n) is 8.84. The lowest BCUT2D eigenvalue weighted by Crippen LogP contribution is -2.29. The summed E-state index contributed by atoms with van der Waals surface area (Å²) in [7, 11) is -5.81. The average Bonchev–Trinajstić information content (AvgIpc) is 2.83. The Morgan fingerprint density at radius 2 is 1.71 bits per heavy atom. The molecule has 0 saturated carbocycles. The van der Waals surface area contributed by atoms with Crippen molar-refractivity contribution in [2.45, 2.75) is 70.2 Å². The molecule has 1 heterocycles. The fourth-order valence-electron chi connectivity index (χ4n) is 4.84. The number of fused-ring (bicyclic) bond motifs is 3. The Hall–Kier alpha value is -1.88. The topological polar surface area (TPSA) is 56.3 Å². The third kappa shape index (κ3) is 5.30. The molecule has 0 spiro atoms. The van der Waals surface area contributed by atoms with E-state index in [0.717, 1.165) is 57.8 Å². The van der Waals surface area contributed by atoms with Gasteiger partial charge in [-0.3, -0.25) is 4.98 Å². The molecule has 0 saturated heterocycles. The lowest BCUT2D eigenvalue weighted by molar-refractivity contribution is -0.0500. The second kappa shape index (κ2) is 10.6. The molecule has 0 amide bonds.